The quantitative estimate of drug-likeness (QED) is 0.165. The topological polar surface area (TPSA) is 0 Å². The Morgan fingerprint density at radius 3 is 1.58 bits per heavy atom. The maximum atomic E-state index is 2.45. The summed E-state index contributed by atoms with van der Waals surface area (Å²) in [5.41, 5.74) is 5.17. The smallest absolute Gasteiger partial charge is 0.0362 e. The fourth-order valence-electron chi connectivity index (χ4n) is 8.14. The third-order valence-corrected chi connectivity index (χ3v) is 12.5. The highest BCUT2D eigenvalue weighted by molar-refractivity contribution is 7.27. The molecule has 0 aliphatic carbocycles. The van der Waals surface area contributed by atoms with Crippen LogP contribution < -0.4 is 0 Å². The minimum absolute atomic E-state index is 1.27. The molecule has 0 aliphatic heterocycles. The highest BCUT2D eigenvalue weighted by atomic mass is 32.1. The molecule has 0 radical (unpaired) electrons. The van der Waals surface area contributed by atoms with E-state index in [1.54, 1.807) is 0 Å². The molecule has 222 valence electrons. The summed E-state index contributed by atoms with van der Waals surface area (Å²) in [5.74, 6) is 0. The summed E-state index contributed by atoms with van der Waals surface area (Å²) in [6.45, 7) is 0. The Bertz CT molecular complexity index is 3060. The van der Waals surface area contributed by atoms with Crippen LogP contribution in [0.15, 0.2) is 158 Å². The lowest BCUT2D eigenvalue weighted by molar-refractivity contribution is 1.69. The van der Waals surface area contributed by atoms with Crippen molar-refractivity contribution in [2.75, 3.05) is 0 Å². The molecule has 0 fully saturated rings. The van der Waals surface area contributed by atoms with Gasteiger partial charge in [-0.15, -0.1) is 22.7 Å². The van der Waals surface area contributed by atoms with Crippen LogP contribution in [0.4, 0.5) is 0 Å². The highest BCUT2D eigenvalue weighted by Crippen LogP contribution is 2.48. The summed E-state index contributed by atoms with van der Waals surface area (Å²) < 4.78 is 5.40. The highest BCUT2D eigenvalue weighted by Gasteiger charge is 2.19. The van der Waals surface area contributed by atoms with E-state index in [1.807, 2.05) is 22.7 Å². The molecule has 11 rings (SSSR count). The van der Waals surface area contributed by atoms with Crippen molar-refractivity contribution in [2.45, 2.75) is 0 Å². The van der Waals surface area contributed by atoms with Gasteiger partial charge in [-0.05, 0) is 89.6 Å². The zero-order chi connectivity index (χ0) is 31.3. The Labute approximate surface area is 284 Å². The van der Waals surface area contributed by atoms with Gasteiger partial charge in [-0.3, -0.25) is 0 Å². The van der Waals surface area contributed by atoms with Gasteiger partial charge in [0.1, 0.15) is 0 Å². The first-order chi connectivity index (χ1) is 23.8. The Kier molecular flexibility index (Phi) is 5.51. The first-order valence-electron chi connectivity index (χ1n) is 16.4. The van der Waals surface area contributed by atoms with Crippen LogP contribution >= 0.6 is 22.7 Å². The fraction of sp³-hybridized carbons (Fsp3) is 0. The first-order valence-corrected chi connectivity index (χ1v) is 18.1. The summed E-state index contributed by atoms with van der Waals surface area (Å²) >= 11 is 3.83. The van der Waals surface area contributed by atoms with Crippen LogP contribution in [0.2, 0.25) is 0 Å². The average Bonchev–Trinajstić information content (AvgIpc) is 3.69. The Balaban J connectivity index is 1.17. The van der Waals surface area contributed by atoms with Gasteiger partial charge in [-0.25, -0.2) is 0 Å². The van der Waals surface area contributed by atoms with Gasteiger partial charge in [0, 0.05) is 40.3 Å². The molecule has 0 unspecified atom stereocenters. The second kappa shape index (κ2) is 9.98. The zero-order valence-corrected chi connectivity index (χ0v) is 27.5. The number of hydrogen-bond donors (Lipinski definition) is 0. The van der Waals surface area contributed by atoms with Gasteiger partial charge in [-0.2, -0.15) is 0 Å². The molecule has 0 bridgehead atoms. The van der Waals surface area contributed by atoms with Gasteiger partial charge < -0.3 is 0 Å². The molecule has 2 heterocycles. The monoisotopic (exact) mass is 642 g/mol. The Hall–Kier alpha value is -5.54. The van der Waals surface area contributed by atoms with Gasteiger partial charge in [0.15, 0.2) is 0 Å². The SMILES string of the molecule is c1ccc2c(-c3c4ccccc4c(-c4ccc5c(c4)sc4cc6c(cc45)sc4ccc5ccccc5c46)c4ccccc34)cccc2c1. The maximum Gasteiger partial charge on any atom is 0.0362 e. The lowest BCUT2D eigenvalue weighted by Gasteiger charge is -2.18. The number of hydrogen-bond acceptors (Lipinski definition) is 2. The molecule has 0 amide bonds. The summed E-state index contributed by atoms with van der Waals surface area (Å²) in [6.07, 6.45) is 0. The molecule has 9 aromatic carbocycles. The van der Waals surface area contributed by atoms with E-state index in [9.17, 15) is 0 Å². The molecular weight excluding hydrogens is 617 g/mol. The number of benzene rings is 9. The molecule has 11 aromatic rings. The van der Waals surface area contributed by atoms with Crippen molar-refractivity contribution in [3.05, 3.63) is 158 Å². The average molecular weight is 643 g/mol. The molecule has 48 heavy (non-hydrogen) atoms. The predicted molar refractivity (Wildman–Crippen MR) is 213 cm³/mol. The molecule has 0 saturated heterocycles. The molecular formula is C46H26S2. The van der Waals surface area contributed by atoms with Crippen LogP contribution in [0.3, 0.4) is 0 Å². The minimum atomic E-state index is 1.27. The van der Waals surface area contributed by atoms with E-state index in [-0.39, 0.29) is 0 Å². The molecule has 0 aliphatic rings. The van der Waals surface area contributed by atoms with E-state index in [4.69, 9.17) is 0 Å². The van der Waals surface area contributed by atoms with Crippen molar-refractivity contribution in [2.24, 2.45) is 0 Å². The predicted octanol–water partition coefficient (Wildman–Crippen LogP) is 14.4. The molecule has 0 spiro atoms. The van der Waals surface area contributed by atoms with E-state index >= 15 is 0 Å². The fourth-order valence-corrected chi connectivity index (χ4v) is 10.5. The van der Waals surface area contributed by atoms with Crippen molar-refractivity contribution < 1.29 is 0 Å². The number of thiophene rings is 2. The van der Waals surface area contributed by atoms with Crippen LogP contribution in [0.1, 0.15) is 0 Å². The summed E-state index contributed by atoms with van der Waals surface area (Å²) in [4.78, 5) is 0. The zero-order valence-electron chi connectivity index (χ0n) is 25.8. The number of rotatable bonds is 2. The van der Waals surface area contributed by atoms with E-state index < -0.39 is 0 Å². The number of fused-ring (bicyclic) bond motifs is 11. The van der Waals surface area contributed by atoms with Crippen LogP contribution in [-0.4, -0.2) is 0 Å². The molecule has 0 atom stereocenters. The van der Waals surface area contributed by atoms with Crippen LogP contribution in [0, 0.1) is 0 Å². The van der Waals surface area contributed by atoms with E-state index in [0.29, 0.717) is 0 Å². The largest absolute Gasteiger partial charge is 0.135 e. The molecule has 0 N–H and O–H groups in total. The molecule has 0 saturated carbocycles. The van der Waals surface area contributed by atoms with E-state index in [2.05, 4.69) is 158 Å². The Morgan fingerprint density at radius 1 is 0.292 bits per heavy atom. The molecule has 0 nitrogen and oxygen atoms in total. The lowest BCUT2D eigenvalue weighted by Crippen LogP contribution is -1.91. The third-order valence-electron chi connectivity index (χ3n) is 10.2. The lowest BCUT2D eigenvalue weighted by atomic mass is 9.84. The van der Waals surface area contributed by atoms with E-state index in [0.717, 1.165) is 0 Å². The van der Waals surface area contributed by atoms with Gasteiger partial charge in [0.05, 0.1) is 0 Å². The third kappa shape index (κ3) is 3.70. The van der Waals surface area contributed by atoms with Crippen molar-refractivity contribution >= 4 is 106 Å². The second-order valence-corrected chi connectivity index (χ2v) is 15.0. The van der Waals surface area contributed by atoms with Crippen molar-refractivity contribution in [1.82, 2.24) is 0 Å². The van der Waals surface area contributed by atoms with Crippen molar-refractivity contribution in [1.29, 1.82) is 0 Å². The van der Waals surface area contributed by atoms with Crippen LogP contribution in [0.5, 0.6) is 0 Å². The van der Waals surface area contributed by atoms with Gasteiger partial charge in [0.2, 0.25) is 0 Å². The van der Waals surface area contributed by atoms with Crippen LogP contribution in [0.25, 0.3) is 106 Å². The van der Waals surface area contributed by atoms with E-state index in [1.165, 1.54) is 106 Å². The maximum absolute atomic E-state index is 2.45. The first kappa shape index (κ1) is 26.5. The standard InChI is InChI=1S/C46H26S2/c1-3-13-30-27(10-1)12-9-19-33(30)45-36-17-7-5-15-34(36)44(35-16-6-8-18-37(35)45)29-20-22-32-38-25-43-39(26-42(38)48-41(32)24-29)46-31-14-4-2-11-28(31)21-23-40(46)47-43/h1-26H. The summed E-state index contributed by atoms with van der Waals surface area (Å²) in [6, 6.07) is 58.8. The minimum Gasteiger partial charge on any atom is -0.135 e. The summed E-state index contributed by atoms with van der Waals surface area (Å²) in [7, 11) is 0. The molecule has 2 aromatic heterocycles. The van der Waals surface area contributed by atoms with Crippen LogP contribution in [-0.2, 0) is 0 Å². The molecule has 2 heteroatoms. The normalized spacial score (nSPS) is 12.2. The van der Waals surface area contributed by atoms with Gasteiger partial charge >= 0.3 is 0 Å². The Morgan fingerprint density at radius 2 is 0.833 bits per heavy atom. The van der Waals surface area contributed by atoms with Crippen molar-refractivity contribution in [3.63, 3.8) is 0 Å². The van der Waals surface area contributed by atoms with Crippen molar-refractivity contribution in [3.8, 4) is 22.3 Å². The summed E-state index contributed by atoms with van der Waals surface area (Å²) in [5, 5.41) is 15.8. The van der Waals surface area contributed by atoms with Gasteiger partial charge in [-0.1, -0.05) is 133 Å². The second-order valence-electron chi connectivity index (χ2n) is 12.8. The van der Waals surface area contributed by atoms with Gasteiger partial charge in [0.25, 0.3) is 0 Å².